The van der Waals surface area contributed by atoms with Crippen molar-refractivity contribution in [2.24, 2.45) is 0 Å². The first-order valence-corrected chi connectivity index (χ1v) is 22.1. The zero-order chi connectivity index (χ0) is 53.5. The van der Waals surface area contributed by atoms with E-state index in [9.17, 15) is 0 Å². The van der Waals surface area contributed by atoms with Gasteiger partial charge in [0.25, 0.3) is 0 Å². The van der Waals surface area contributed by atoms with Crippen molar-refractivity contribution >= 4 is 55.2 Å². The Bertz CT molecular complexity index is 3930. The number of rotatable bonds is 6. The molecule has 6 aromatic carbocycles. The van der Waals surface area contributed by atoms with Gasteiger partial charge < -0.3 is 13.4 Å². The molecule has 67 heavy (non-hydrogen) atoms. The SMILES string of the molecule is [2H]C([2H])([2H])c1c[c-]c(-c2nc3cccc(C([2H])([2H])[2H])c3n2-c2c(C(C)C)cc(-c3ccccc3)cc2C(C)C)c2oc3cc4c(nc3c12)oc1ccccc14.[2H]C([2H])([2H])c1c[c-]c(-c2nccc(C(C)(C)C)n2)cc1.[Ir]. The van der Waals surface area contributed by atoms with Crippen molar-refractivity contribution in [2.45, 2.75) is 86.3 Å². The van der Waals surface area contributed by atoms with Gasteiger partial charge in [0.2, 0.25) is 5.71 Å². The standard InChI is InChI=1S/C44H36N3O2.C15H17N2.Ir/c1-24(2)32-21-29(28-14-8-7-9-15-28)22-33(25(3)4)41(32)47-40-27(6)13-12-17-35(40)45-43(47)31-20-19-26(5)38-39-37(48-42(31)38)23-34-30-16-10-11-18-36(30)49-44(34)46-39;1-11-5-7-12(8-6-11)14-16-10-9-13(17-14)15(2,3)4;/h7-19,21-25H,1-6H3;5-7,9-10H,1-4H3;/q2*-1;/i5D3,6D3;1D3;. The van der Waals surface area contributed by atoms with Crippen molar-refractivity contribution in [3.63, 3.8) is 0 Å². The number of benzene rings is 6. The third kappa shape index (κ3) is 8.27. The van der Waals surface area contributed by atoms with Crippen LogP contribution in [0.2, 0.25) is 0 Å². The van der Waals surface area contributed by atoms with E-state index in [0.29, 0.717) is 61.6 Å². The maximum absolute atomic E-state index is 8.65. The predicted octanol–water partition coefficient (Wildman–Crippen LogP) is 15.8. The van der Waals surface area contributed by atoms with Gasteiger partial charge in [-0.05, 0) is 88.3 Å². The molecular formula is C59H53IrN5O2-2. The van der Waals surface area contributed by atoms with Crippen molar-refractivity contribution in [2.75, 3.05) is 0 Å². The number of imidazole rings is 1. The molecule has 5 heterocycles. The zero-order valence-electron chi connectivity index (χ0n) is 47.2. The first-order chi connectivity index (χ1) is 35.4. The Morgan fingerprint density at radius 2 is 1.43 bits per heavy atom. The molecule has 5 aromatic heterocycles. The molecule has 0 saturated carbocycles. The van der Waals surface area contributed by atoms with Gasteiger partial charge in [0, 0.05) is 60.8 Å². The summed E-state index contributed by atoms with van der Waals surface area (Å²) in [4.78, 5) is 18.8. The number of aryl methyl sites for hydroxylation is 3. The van der Waals surface area contributed by atoms with E-state index >= 15 is 0 Å². The second-order valence-electron chi connectivity index (χ2n) is 18.3. The molecule has 0 atom stereocenters. The summed E-state index contributed by atoms with van der Waals surface area (Å²) in [5.74, 6) is 0.973. The summed E-state index contributed by atoms with van der Waals surface area (Å²) in [5.41, 5.74) is 10.2. The molecule has 8 heteroatoms. The van der Waals surface area contributed by atoms with Crippen LogP contribution >= 0.6 is 0 Å². The monoisotopic (exact) mass is 1070 g/mol. The number of para-hydroxylation sites is 2. The van der Waals surface area contributed by atoms with Crippen molar-refractivity contribution in [3.05, 3.63) is 173 Å². The molecule has 0 N–H and O–H groups in total. The summed E-state index contributed by atoms with van der Waals surface area (Å²) in [6, 6.07) is 43.4. The van der Waals surface area contributed by atoms with Crippen LogP contribution in [0.25, 0.3) is 94.8 Å². The molecule has 337 valence electrons. The average Bonchev–Trinajstić information content (AvgIpc) is 4.08. The van der Waals surface area contributed by atoms with Crippen LogP contribution in [-0.4, -0.2) is 24.5 Å². The molecular weight excluding hydrogens is 1000 g/mol. The van der Waals surface area contributed by atoms with Crippen LogP contribution in [0.5, 0.6) is 0 Å². The maximum atomic E-state index is 8.65. The number of pyridine rings is 1. The fourth-order valence-electron chi connectivity index (χ4n) is 8.63. The molecule has 0 unspecified atom stereocenters. The Morgan fingerprint density at radius 3 is 2.13 bits per heavy atom. The topological polar surface area (TPSA) is 82.8 Å². The van der Waals surface area contributed by atoms with E-state index in [2.05, 4.69) is 94.8 Å². The van der Waals surface area contributed by atoms with Crippen LogP contribution in [0, 0.1) is 32.7 Å². The van der Waals surface area contributed by atoms with Gasteiger partial charge in [-0.25, -0.2) is 4.98 Å². The Labute approximate surface area is 418 Å². The zero-order valence-corrected chi connectivity index (χ0v) is 40.6. The number of aromatic nitrogens is 5. The second kappa shape index (κ2) is 17.8. The molecule has 0 aliphatic rings. The molecule has 0 aliphatic heterocycles. The number of hydrogen-bond acceptors (Lipinski definition) is 6. The first kappa shape index (κ1) is 35.5. The van der Waals surface area contributed by atoms with Crippen LogP contribution in [0.15, 0.2) is 136 Å². The Kier molecular flexibility index (Phi) is 9.43. The van der Waals surface area contributed by atoms with E-state index < -0.39 is 20.6 Å². The smallest absolute Gasteiger partial charge is 0.228 e. The van der Waals surface area contributed by atoms with Crippen molar-refractivity contribution < 1.29 is 41.3 Å². The minimum absolute atomic E-state index is 0. The van der Waals surface area contributed by atoms with E-state index in [4.69, 9.17) is 31.1 Å². The molecule has 1 radical (unpaired) electrons. The van der Waals surface area contributed by atoms with Crippen LogP contribution in [0.4, 0.5) is 0 Å². The van der Waals surface area contributed by atoms with Crippen LogP contribution in [0.1, 0.15) is 106 Å². The van der Waals surface area contributed by atoms with Crippen molar-refractivity contribution in [1.82, 2.24) is 24.5 Å². The molecule has 7 nitrogen and oxygen atoms in total. The number of fused-ring (bicyclic) bond motifs is 7. The van der Waals surface area contributed by atoms with Gasteiger partial charge in [-0.3, -0.25) is 15.0 Å². The van der Waals surface area contributed by atoms with Gasteiger partial charge in [-0.15, -0.1) is 53.1 Å². The van der Waals surface area contributed by atoms with Gasteiger partial charge in [0.05, 0.1) is 33.7 Å². The molecule has 0 aliphatic carbocycles. The van der Waals surface area contributed by atoms with Crippen LogP contribution in [-0.2, 0) is 25.5 Å². The predicted molar refractivity (Wildman–Crippen MR) is 271 cm³/mol. The van der Waals surface area contributed by atoms with Gasteiger partial charge in [-0.1, -0.05) is 128 Å². The van der Waals surface area contributed by atoms with Crippen molar-refractivity contribution in [3.8, 4) is 39.6 Å². The molecule has 11 rings (SSSR count). The normalized spacial score (nSPS) is 14.4. The molecule has 0 bridgehead atoms. The second-order valence-corrected chi connectivity index (χ2v) is 18.3. The van der Waals surface area contributed by atoms with E-state index in [-0.39, 0.29) is 59.6 Å². The van der Waals surface area contributed by atoms with Crippen LogP contribution < -0.4 is 0 Å². The number of nitrogens with zero attached hydrogens (tertiary/aromatic N) is 5. The van der Waals surface area contributed by atoms with E-state index in [1.54, 1.807) is 36.5 Å². The summed E-state index contributed by atoms with van der Waals surface area (Å²) < 4.78 is 88.3. The van der Waals surface area contributed by atoms with Gasteiger partial charge in [0.1, 0.15) is 16.7 Å². The van der Waals surface area contributed by atoms with Gasteiger partial charge in [-0.2, -0.15) is 0 Å². The summed E-state index contributed by atoms with van der Waals surface area (Å²) in [6.07, 6.45) is 1.72. The molecule has 0 fully saturated rings. The summed E-state index contributed by atoms with van der Waals surface area (Å²) in [7, 11) is 0. The Balaban J connectivity index is 0.000000283. The minimum Gasteiger partial charge on any atom is -0.499 e. The molecule has 0 spiro atoms. The molecule has 0 amide bonds. The minimum atomic E-state index is -2.54. The Hall–Kier alpha value is -6.73. The van der Waals surface area contributed by atoms with E-state index in [0.717, 1.165) is 44.4 Å². The van der Waals surface area contributed by atoms with Crippen LogP contribution in [0.3, 0.4) is 0 Å². The number of furan rings is 2. The van der Waals surface area contributed by atoms with E-state index in [1.165, 1.54) is 12.1 Å². The third-order valence-corrected chi connectivity index (χ3v) is 12.0. The quantitative estimate of drug-likeness (QED) is 0.154. The van der Waals surface area contributed by atoms with Gasteiger partial charge in [0.15, 0.2) is 0 Å². The fraction of sp³-hybridized carbons (Fsp3) is 0.220. The third-order valence-electron chi connectivity index (χ3n) is 12.0. The van der Waals surface area contributed by atoms with E-state index in [1.807, 2.05) is 59.2 Å². The Morgan fingerprint density at radius 1 is 0.672 bits per heavy atom. The summed E-state index contributed by atoms with van der Waals surface area (Å²) in [5, 5.41) is 1.89. The first-order valence-electron chi connectivity index (χ1n) is 26.6. The number of hydrogen-bond donors (Lipinski definition) is 0. The average molecular weight is 1070 g/mol. The maximum Gasteiger partial charge on any atom is 0.228 e. The summed E-state index contributed by atoms with van der Waals surface area (Å²) in [6.45, 7) is 7.64. The molecule has 0 saturated heterocycles. The van der Waals surface area contributed by atoms with Crippen molar-refractivity contribution in [1.29, 1.82) is 0 Å². The largest absolute Gasteiger partial charge is 0.499 e. The summed E-state index contributed by atoms with van der Waals surface area (Å²) >= 11 is 0. The van der Waals surface area contributed by atoms with Gasteiger partial charge >= 0.3 is 0 Å². The fourth-order valence-corrected chi connectivity index (χ4v) is 8.63. The molecule has 11 aromatic rings.